The van der Waals surface area contributed by atoms with E-state index in [1.165, 1.54) is 11.4 Å². The zero-order chi connectivity index (χ0) is 23.8. The Kier molecular flexibility index (Phi) is 9.14. The Labute approximate surface area is 209 Å². The molecular formula is C24H25ClN2O3S3. The van der Waals surface area contributed by atoms with Crippen LogP contribution in [-0.4, -0.2) is 39.9 Å². The molecule has 0 aromatic heterocycles. The minimum atomic E-state index is -3.69. The molecule has 0 aliphatic carbocycles. The molecule has 0 heterocycles. The number of amides is 1. The lowest BCUT2D eigenvalue weighted by Crippen LogP contribution is -2.27. The molecule has 0 fully saturated rings. The number of sulfonamides is 1. The third-order valence-electron chi connectivity index (χ3n) is 4.96. The molecule has 3 rings (SSSR count). The highest BCUT2D eigenvalue weighted by Gasteiger charge is 2.21. The number of hydrogen-bond acceptors (Lipinski definition) is 5. The van der Waals surface area contributed by atoms with Gasteiger partial charge in [0.2, 0.25) is 0 Å². The number of nitrogens with one attached hydrogen (secondary N) is 1. The molecule has 1 N–H and O–H groups in total. The van der Waals surface area contributed by atoms with Crippen molar-refractivity contribution in [1.29, 1.82) is 0 Å². The number of benzene rings is 3. The first-order chi connectivity index (χ1) is 15.8. The number of thioether (sulfide) groups is 2. The van der Waals surface area contributed by atoms with E-state index in [0.29, 0.717) is 17.8 Å². The van der Waals surface area contributed by atoms with Crippen LogP contribution in [0, 0.1) is 0 Å². The van der Waals surface area contributed by atoms with E-state index in [1.54, 1.807) is 72.1 Å². The molecule has 1 amide bonds. The first-order valence-electron chi connectivity index (χ1n) is 10.2. The Morgan fingerprint density at radius 1 is 1.00 bits per heavy atom. The van der Waals surface area contributed by atoms with Crippen LogP contribution in [-0.2, 0) is 15.8 Å². The van der Waals surface area contributed by atoms with Gasteiger partial charge >= 0.3 is 0 Å². The molecule has 3 aromatic carbocycles. The highest BCUT2D eigenvalue weighted by Crippen LogP contribution is 2.24. The SMILES string of the molecule is CSc1ccc(S(=O)(=O)N(C)c2ccc(C(=O)NCCSCc3ccccc3Cl)cc2)cc1. The maximum Gasteiger partial charge on any atom is 0.264 e. The minimum Gasteiger partial charge on any atom is -0.351 e. The summed E-state index contributed by atoms with van der Waals surface area (Å²) in [5, 5.41) is 3.64. The molecule has 0 atom stereocenters. The first-order valence-corrected chi connectivity index (χ1v) is 14.3. The summed E-state index contributed by atoms with van der Waals surface area (Å²) in [5.74, 6) is 1.34. The van der Waals surface area contributed by atoms with Crippen molar-refractivity contribution in [3.8, 4) is 0 Å². The van der Waals surface area contributed by atoms with E-state index in [0.717, 1.165) is 27.0 Å². The molecule has 0 aliphatic heterocycles. The van der Waals surface area contributed by atoms with Gasteiger partial charge in [-0.1, -0.05) is 29.8 Å². The normalized spacial score (nSPS) is 11.2. The number of anilines is 1. The Morgan fingerprint density at radius 2 is 1.67 bits per heavy atom. The van der Waals surface area contributed by atoms with Gasteiger partial charge in [0, 0.05) is 40.6 Å². The van der Waals surface area contributed by atoms with Crippen LogP contribution in [0.25, 0.3) is 0 Å². The van der Waals surface area contributed by atoms with Gasteiger partial charge in [-0.2, -0.15) is 11.8 Å². The summed E-state index contributed by atoms with van der Waals surface area (Å²) in [6, 6.07) is 21.0. The zero-order valence-electron chi connectivity index (χ0n) is 18.3. The molecule has 0 spiro atoms. The fourth-order valence-electron chi connectivity index (χ4n) is 3.00. The summed E-state index contributed by atoms with van der Waals surface area (Å²) < 4.78 is 27.0. The van der Waals surface area contributed by atoms with Crippen molar-refractivity contribution in [1.82, 2.24) is 5.32 Å². The smallest absolute Gasteiger partial charge is 0.264 e. The Hall–Kier alpha value is -2.13. The van der Waals surface area contributed by atoms with Crippen LogP contribution in [0.15, 0.2) is 82.6 Å². The van der Waals surface area contributed by atoms with Gasteiger partial charge in [-0.3, -0.25) is 9.10 Å². The predicted octanol–water partition coefficient (Wildman–Crippen LogP) is 5.55. The number of carbonyl (C=O) groups is 1. The van der Waals surface area contributed by atoms with Crippen molar-refractivity contribution in [3.63, 3.8) is 0 Å². The Balaban J connectivity index is 1.53. The van der Waals surface area contributed by atoms with Gasteiger partial charge in [0.25, 0.3) is 15.9 Å². The third kappa shape index (κ3) is 6.69. The summed E-state index contributed by atoms with van der Waals surface area (Å²) in [7, 11) is -2.18. The molecule has 33 heavy (non-hydrogen) atoms. The lowest BCUT2D eigenvalue weighted by Gasteiger charge is -2.20. The van der Waals surface area contributed by atoms with Crippen molar-refractivity contribution in [2.75, 3.05) is 29.9 Å². The van der Waals surface area contributed by atoms with Crippen LogP contribution in [0.2, 0.25) is 5.02 Å². The highest BCUT2D eigenvalue weighted by atomic mass is 35.5. The zero-order valence-corrected chi connectivity index (χ0v) is 21.5. The van der Waals surface area contributed by atoms with Crippen molar-refractivity contribution in [2.45, 2.75) is 15.5 Å². The molecule has 174 valence electrons. The topological polar surface area (TPSA) is 66.5 Å². The monoisotopic (exact) mass is 520 g/mol. The first kappa shape index (κ1) is 25.5. The maximum absolute atomic E-state index is 12.9. The van der Waals surface area contributed by atoms with Gasteiger partial charge in [0.15, 0.2) is 0 Å². The summed E-state index contributed by atoms with van der Waals surface area (Å²) in [6.07, 6.45) is 1.94. The van der Waals surface area contributed by atoms with Crippen molar-refractivity contribution in [3.05, 3.63) is 88.9 Å². The number of hydrogen-bond donors (Lipinski definition) is 1. The maximum atomic E-state index is 12.9. The molecule has 3 aromatic rings. The summed E-state index contributed by atoms with van der Waals surface area (Å²) in [6.45, 7) is 0.524. The second-order valence-electron chi connectivity index (χ2n) is 7.09. The molecule has 0 saturated carbocycles. The molecule has 0 bridgehead atoms. The molecule has 9 heteroatoms. The second-order valence-corrected chi connectivity index (χ2v) is 11.5. The number of rotatable bonds is 10. The van der Waals surface area contributed by atoms with Gasteiger partial charge in [0.1, 0.15) is 0 Å². The summed E-state index contributed by atoms with van der Waals surface area (Å²) in [5.41, 5.74) is 2.03. The van der Waals surface area contributed by atoms with E-state index in [1.807, 2.05) is 30.5 Å². The van der Waals surface area contributed by atoms with Crippen LogP contribution in [0.4, 0.5) is 5.69 Å². The number of halogens is 1. The molecule has 0 radical (unpaired) electrons. The minimum absolute atomic E-state index is 0.196. The van der Waals surface area contributed by atoms with E-state index < -0.39 is 10.0 Å². The number of nitrogens with zero attached hydrogens (tertiary/aromatic N) is 1. The fraction of sp³-hybridized carbons (Fsp3) is 0.208. The predicted molar refractivity (Wildman–Crippen MR) is 140 cm³/mol. The van der Waals surface area contributed by atoms with Crippen molar-refractivity contribution >= 4 is 56.7 Å². The number of carbonyl (C=O) groups excluding carboxylic acids is 1. The van der Waals surface area contributed by atoms with E-state index in [9.17, 15) is 13.2 Å². The molecule has 5 nitrogen and oxygen atoms in total. The fourth-order valence-corrected chi connectivity index (χ4v) is 5.75. The highest BCUT2D eigenvalue weighted by molar-refractivity contribution is 7.98. The average Bonchev–Trinajstić information content (AvgIpc) is 2.84. The quantitative estimate of drug-likeness (QED) is 0.280. The van der Waals surface area contributed by atoms with E-state index in [-0.39, 0.29) is 10.8 Å². The van der Waals surface area contributed by atoms with Crippen LogP contribution in [0.3, 0.4) is 0 Å². The van der Waals surface area contributed by atoms with Gasteiger partial charge in [-0.05, 0) is 66.4 Å². The Morgan fingerprint density at radius 3 is 2.30 bits per heavy atom. The van der Waals surface area contributed by atoms with Crippen LogP contribution in [0.1, 0.15) is 15.9 Å². The van der Waals surface area contributed by atoms with Gasteiger partial charge in [-0.15, -0.1) is 11.8 Å². The third-order valence-corrected chi connectivity index (χ3v) is 8.88. The summed E-state index contributed by atoms with van der Waals surface area (Å²) in [4.78, 5) is 13.6. The molecule has 0 aliphatic rings. The van der Waals surface area contributed by atoms with Crippen molar-refractivity contribution in [2.24, 2.45) is 0 Å². The average molecular weight is 521 g/mol. The standard InChI is InChI=1S/C24H25ClN2O3S3/c1-27(33(29,30)22-13-11-21(31-2)12-14-22)20-9-7-18(8-10-20)24(28)26-15-16-32-17-19-5-3-4-6-23(19)25/h3-14H,15-17H2,1-2H3,(H,26,28). The molecule has 0 saturated heterocycles. The lowest BCUT2D eigenvalue weighted by atomic mass is 10.2. The summed E-state index contributed by atoms with van der Waals surface area (Å²) >= 11 is 9.40. The molecular weight excluding hydrogens is 496 g/mol. The van der Waals surface area contributed by atoms with Crippen LogP contribution >= 0.6 is 35.1 Å². The van der Waals surface area contributed by atoms with E-state index in [4.69, 9.17) is 11.6 Å². The van der Waals surface area contributed by atoms with E-state index >= 15 is 0 Å². The van der Waals surface area contributed by atoms with Crippen LogP contribution in [0.5, 0.6) is 0 Å². The van der Waals surface area contributed by atoms with Gasteiger partial charge in [-0.25, -0.2) is 8.42 Å². The van der Waals surface area contributed by atoms with Crippen LogP contribution < -0.4 is 9.62 Å². The van der Waals surface area contributed by atoms with E-state index in [2.05, 4.69) is 5.32 Å². The lowest BCUT2D eigenvalue weighted by molar-refractivity contribution is 0.0956. The Bertz CT molecular complexity index is 1180. The van der Waals surface area contributed by atoms with Gasteiger partial charge in [0.05, 0.1) is 10.6 Å². The van der Waals surface area contributed by atoms with Gasteiger partial charge < -0.3 is 5.32 Å². The van der Waals surface area contributed by atoms with Crippen molar-refractivity contribution < 1.29 is 13.2 Å². The second kappa shape index (κ2) is 11.8. The molecule has 0 unspecified atom stereocenters. The largest absolute Gasteiger partial charge is 0.351 e.